The third-order valence-corrected chi connectivity index (χ3v) is 2.53. The van der Waals surface area contributed by atoms with Crippen molar-refractivity contribution >= 4 is 21.9 Å². The monoisotopic (exact) mass is 222 g/mol. The number of fused-ring (bicyclic) bond motifs is 1. The van der Waals surface area contributed by atoms with E-state index in [1.165, 1.54) is 0 Å². The molecule has 2 heterocycles. The molecule has 2 rings (SSSR count). The van der Waals surface area contributed by atoms with Gasteiger partial charge in [-0.15, -0.1) is 0 Å². The lowest BCUT2D eigenvalue weighted by Crippen LogP contribution is -2.43. The topological polar surface area (TPSA) is 59.1 Å². The molecule has 2 saturated heterocycles. The van der Waals surface area contributed by atoms with Crippen LogP contribution in [0.2, 0.25) is 0 Å². The average molecular weight is 223 g/mol. The third kappa shape index (κ3) is 1.07. The zero-order valence-corrected chi connectivity index (χ0v) is 7.15. The van der Waals surface area contributed by atoms with E-state index in [1.54, 1.807) is 0 Å². The van der Waals surface area contributed by atoms with Crippen molar-refractivity contribution in [3.63, 3.8) is 0 Å². The molecule has 62 valence electrons. The van der Waals surface area contributed by atoms with Crippen LogP contribution >= 0.6 is 15.9 Å². The van der Waals surface area contributed by atoms with Crippen LogP contribution in [0.1, 0.15) is 0 Å². The molecule has 0 spiro atoms. The summed E-state index contributed by atoms with van der Waals surface area (Å²) in [7, 11) is 0. The van der Waals surface area contributed by atoms with E-state index in [9.17, 15) is 9.90 Å². The van der Waals surface area contributed by atoms with E-state index in [4.69, 9.17) is 9.47 Å². The van der Waals surface area contributed by atoms with Gasteiger partial charge in [0, 0.05) is 5.33 Å². The molecular weight excluding hydrogens is 216 g/mol. The maximum absolute atomic E-state index is 10.9. The molecule has 1 N–H and O–H groups in total. The number of cyclic esters (lactones) is 1. The van der Waals surface area contributed by atoms with E-state index in [1.807, 2.05) is 0 Å². The van der Waals surface area contributed by atoms with Crippen LogP contribution in [0, 0.1) is 0 Å². The first-order valence-electron chi connectivity index (χ1n) is 3.34. The van der Waals surface area contributed by atoms with E-state index < -0.39 is 18.3 Å². The summed E-state index contributed by atoms with van der Waals surface area (Å²) in [5.41, 5.74) is 0. The van der Waals surface area contributed by atoms with E-state index in [2.05, 4.69) is 15.9 Å². The highest BCUT2D eigenvalue weighted by atomic mass is 79.9. The first kappa shape index (κ1) is 7.52. The summed E-state index contributed by atoms with van der Waals surface area (Å²) in [4.78, 5) is 10.9. The lowest BCUT2D eigenvalue weighted by molar-refractivity contribution is -0.157. The van der Waals surface area contributed by atoms with Gasteiger partial charge >= 0.3 is 5.97 Å². The zero-order valence-electron chi connectivity index (χ0n) is 5.57. The van der Waals surface area contributed by atoms with Gasteiger partial charge in [0.1, 0.15) is 18.3 Å². The number of carbonyl (C=O) groups excluding carboxylic acids is 1. The molecular formula is C6H7BrO4. The van der Waals surface area contributed by atoms with Gasteiger partial charge in [-0.05, 0) is 0 Å². The molecule has 0 aromatic rings. The molecule has 2 aliphatic heterocycles. The molecule has 4 nitrogen and oxygen atoms in total. The maximum Gasteiger partial charge on any atom is 0.338 e. The predicted octanol–water partition coefficient (Wildman–Crippen LogP) is -0.565. The van der Waals surface area contributed by atoms with Crippen LogP contribution in [0.3, 0.4) is 0 Å². The Balaban J connectivity index is 2.08. The number of ether oxygens (including phenoxy) is 2. The minimum absolute atomic E-state index is 0.321. The fraction of sp³-hybridized carbons (Fsp3) is 0.833. The molecule has 4 atom stereocenters. The second-order valence-electron chi connectivity index (χ2n) is 2.64. The van der Waals surface area contributed by atoms with Gasteiger partial charge < -0.3 is 14.6 Å². The molecule has 11 heavy (non-hydrogen) atoms. The average Bonchev–Trinajstić information content (AvgIpc) is 2.75. The van der Waals surface area contributed by atoms with Gasteiger partial charge in [-0.2, -0.15) is 0 Å². The van der Waals surface area contributed by atoms with E-state index in [-0.39, 0.29) is 12.1 Å². The summed E-state index contributed by atoms with van der Waals surface area (Å²) in [6.45, 7) is 0. The summed E-state index contributed by atoms with van der Waals surface area (Å²) in [6, 6.07) is 0. The molecule has 0 amide bonds. The van der Waals surface area contributed by atoms with Gasteiger partial charge in [0.05, 0.1) is 0 Å². The molecule has 0 radical (unpaired) electrons. The summed E-state index contributed by atoms with van der Waals surface area (Å²) in [6.07, 6.45) is -1.94. The summed E-state index contributed by atoms with van der Waals surface area (Å²) >= 11 is 3.13. The van der Waals surface area contributed by atoms with Crippen molar-refractivity contribution in [2.24, 2.45) is 0 Å². The quantitative estimate of drug-likeness (QED) is 0.367. The van der Waals surface area contributed by atoms with Crippen molar-refractivity contribution in [2.45, 2.75) is 24.4 Å². The van der Waals surface area contributed by atoms with E-state index >= 15 is 0 Å². The molecule has 2 aliphatic rings. The van der Waals surface area contributed by atoms with Gasteiger partial charge in [0.2, 0.25) is 0 Å². The van der Waals surface area contributed by atoms with Crippen LogP contribution in [-0.4, -0.2) is 40.8 Å². The Kier molecular flexibility index (Phi) is 1.66. The largest absolute Gasteiger partial charge is 0.457 e. The first-order chi connectivity index (χ1) is 5.24. The fourth-order valence-corrected chi connectivity index (χ4v) is 1.71. The molecule has 0 aromatic carbocycles. The molecule has 0 saturated carbocycles. The Morgan fingerprint density at radius 2 is 2.36 bits per heavy atom. The van der Waals surface area contributed by atoms with Gasteiger partial charge in [0.25, 0.3) is 0 Å². The van der Waals surface area contributed by atoms with E-state index in [0.717, 1.165) is 0 Å². The number of aliphatic hydroxyl groups excluding tert-OH is 1. The highest BCUT2D eigenvalue weighted by Gasteiger charge is 2.57. The van der Waals surface area contributed by atoms with Crippen molar-refractivity contribution in [1.82, 2.24) is 0 Å². The summed E-state index contributed by atoms with van der Waals surface area (Å²) in [5.74, 6) is -0.357. The minimum Gasteiger partial charge on any atom is -0.457 e. The first-order valence-corrected chi connectivity index (χ1v) is 4.46. The summed E-state index contributed by atoms with van der Waals surface area (Å²) < 4.78 is 9.73. The predicted molar refractivity (Wildman–Crippen MR) is 38.3 cm³/mol. The van der Waals surface area contributed by atoms with Crippen LogP contribution in [0.4, 0.5) is 0 Å². The van der Waals surface area contributed by atoms with Crippen molar-refractivity contribution in [3.05, 3.63) is 0 Å². The number of epoxide rings is 1. The lowest BCUT2D eigenvalue weighted by atomic mass is 10.1. The van der Waals surface area contributed by atoms with Crippen LogP contribution in [-0.2, 0) is 14.3 Å². The molecule has 0 aromatic heterocycles. The van der Waals surface area contributed by atoms with Crippen LogP contribution < -0.4 is 0 Å². The van der Waals surface area contributed by atoms with Gasteiger partial charge in [-0.3, -0.25) is 0 Å². The number of rotatable bonds is 1. The Morgan fingerprint density at radius 3 is 3.00 bits per heavy atom. The van der Waals surface area contributed by atoms with Crippen molar-refractivity contribution in [3.8, 4) is 0 Å². The number of hydrogen-bond donors (Lipinski definition) is 1. The molecule has 0 unspecified atom stereocenters. The van der Waals surface area contributed by atoms with Crippen molar-refractivity contribution < 1.29 is 19.4 Å². The molecule has 5 heteroatoms. The molecule has 2 fully saturated rings. The normalized spacial score (nSPS) is 48.0. The Labute approximate surface area is 71.6 Å². The number of alkyl halides is 1. The number of hydrogen-bond acceptors (Lipinski definition) is 4. The van der Waals surface area contributed by atoms with Crippen LogP contribution in [0.15, 0.2) is 0 Å². The highest BCUT2D eigenvalue weighted by Crippen LogP contribution is 2.34. The fourth-order valence-electron chi connectivity index (χ4n) is 1.19. The van der Waals surface area contributed by atoms with Gasteiger partial charge in [-0.1, -0.05) is 15.9 Å². The number of esters is 1. The standard InChI is InChI=1S/C6H7BrO4/c7-1-2-3(8)4-5(11-4)6(9)10-2/h2-5,8H,1H2/t2-,3+,4-,5-/m0/s1. The van der Waals surface area contributed by atoms with Crippen molar-refractivity contribution in [1.29, 1.82) is 0 Å². The number of halogens is 1. The van der Waals surface area contributed by atoms with Crippen molar-refractivity contribution in [2.75, 3.05) is 5.33 Å². The highest BCUT2D eigenvalue weighted by molar-refractivity contribution is 9.09. The Morgan fingerprint density at radius 1 is 1.64 bits per heavy atom. The third-order valence-electron chi connectivity index (χ3n) is 1.89. The molecule has 0 aliphatic carbocycles. The second kappa shape index (κ2) is 2.43. The second-order valence-corrected chi connectivity index (χ2v) is 3.29. The number of carbonyl (C=O) groups is 1. The van der Waals surface area contributed by atoms with E-state index in [0.29, 0.717) is 5.33 Å². The van der Waals surface area contributed by atoms with Crippen LogP contribution in [0.5, 0.6) is 0 Å². The van der Waals surface area contributed by atoms with Crippen LogP contribution in [0.25, 0.3) is 0 Å². The SMILES string of the molecule is O=C1O[C@@H](CBr)[C@@H](O)[C@@H]2O[C@H]12. The summed E-state index contributed by atoms with van der Waals surface area (Å²) in [5, 5.41) is 9.82. The number of aliphatic hydroxyl groups is 1. The molecule has 0 bridgehead atoms. The lowest BCUT2D eigenvalue weighted by Gasteiger charge is -2.22. The Hall–Kier alpha value is -0.130. The smallest absolute Gasteiger partial charge is 0.338 e. The Bertz CT molecular complexity index is 195. The maximum atomic E-state index is 10.9. The minimum atomic E-state index is -0.669. The zero-order chi connectivity index (χ0) is 8.01. The van der Waals surface area contributed by atoms with Gasteiger partial charge in [0.15, 0.2) is 6.10 Å². The van der Waals surface area contributed by atoms with Gasteiger partial charge in [-0.25, -0.2) is 4.79 Å².